The lowest BCUT2D eigenvalue weighted by Crippen LogP contribution is -2.31. The highest BCUT2D eigenvalue weighted by molar-refractivity contribution is 7.14. The average Bonchev–Trinajstić information content (AvgIpc) is 3.22. The Labute approximate surface area is 132 Å². The van der Waals surface area contributed by atoms with E-state index in [9.17, 15) is 0 Å². The first-order valence-corrected chi connectivity index (χ1v) is 7.87. The number of fused-ring (bicyclic) bond motifs is 1. The van der Waals surface area contributed by atoms with Crippen molar-refractivity contribution in [2.24, 2.45) is 7.05 Å². The van der Waals surface area contributed by atoms with Gasteiger partial charge in [-0.15, -0.1) is 11.3 Å². The van der Waals surface area contributed by atoms with Gasteiger partial charge < -0.3 is 10.2 Å². The average molecular weight is 312 g/mol. The number of hydrogen-bond acceptors (Lipinski definition) is 5. The number of thiophene rings is 1. The molecule has 0 fully saturated rings. The monoisotopic (exact) mass is 312 g/mol. The number of aromatic nitrogens is 4. The van der Waals surface area contributed by atoms with E-state index in [4.69, 9.17) is 0 Å². The van der Waals surface area contributed by atoms with Crippen molar-refractivity contribution in [1.29, 1.82) is 0 Å². The van der Waals surface area contributed by atoms with E-state index in [1.54, 1.807) is 16.0 Å². The number of imidazole rings is 1. The molecule has 6 nitrogen and oxygen atoms in total. The minimum Gasteiger partial charge on any atom is -0.353 e. The third-order valence-corrected chi connectivity index (χ3v) is 4.53. The minimum absolute atomic E-state index is 0.00840. The van der Waals surface area contributed by atoms with E-state index in [0.29, 0.717) is 0 Å². The molecular formula is C15H16N6S. The maximum atomic E-state index is 4.63. The van der Waals surface area contributed by atoms with E-state index in [-0.39, 0.29) is 6.17 Å². The largest absolute Gasteiger partial charge is 0.353 e. The first-order chi connectivity index (χ1) is 10.7. The van der Waals surface area contributed by atoms with E-state index in [1.807, 2.05) is 45.0 Å². The topological polar surface area (TPSA) is 50.9 Å². The molecule has 22 heavy (non-hydrogen) atoms. The smallest absolute Gasteiger partial charge is 0.160 e. The number of nitrogens with one attached hydrogen (secondary N) is 1. The van der Waals surface area contributed by atoms with Gasteiger partial charge in [-0.25, -0.2) is 4.98 Å². The lowest BCUT2D eigenvalue weighted by atomic mass is 10.2. The summed E-state index contributed by atoms with van der Waals surface area (Å²) in [7, 11) is 3.96. The Balaban J connectivity index is 1.73. The second kappa shape index (κ2) is 5.03. The van der Waals surface area contributed by atoms with Crippen LogP contribution in [-0.2, 0) is 7.05 Å². The highest BCUT2D eigenvalue weighted by Gasteiger charge is 2.25. The van der Waals surface area contributed by atoms with Crippen LogP contribution in [0.15, 0.2) is 42.3 Å². The van der Waals surface area contributed by atoms with Crippen molar-refractivity contribution in [3.05, 3.63) is 48.1 Å². The first kappa shape index (κ1) is 13.1. The summed E-state index contributed by atoms with van der Waals surface area (Å²) in [6.07, 6.45) is 9.86. The van der Waals surface area contributed by atoms with Crippen LogP contribution in [0.1, 0.15) is 12.0 Å². The molecule has 1 N–H and O–H groups in total. The lowest BCUT2D eigenvalue weighted by molar-refractivity contribution is 0.346. The van der Waals surface area contributed by atoms with Crippen molar-refractivity contribution in [2.45, 2.75) is 6.17 Å². The van der Waals surface area contributed by atoms with Crippen molar-refractivity contribution in [1.82, 2.24) is 24.2 Å². The summed E-state index contributed by atoms with van der Waals surface area (Å²) < 4.78 is 3.91. The molecule has 1 aliphatic rings. The van der Waals surface area contributed by atoms with Gasteiger partial charge in [-0.3, -0.25) is 9.25 Å². The fourth-order valence-corrected chi connectivity index (χ4v) is 3.24. The standard InChI is InChI=1S/C15H16N6S/c1-19-5-6-21-12(11-8-17-20(2)10-11)9-16-14(21)15(19)18-13-4-3-7-22-13/h3-10,15,18H,1-2H3. The molecule has 3 aromatic rings. The van der Waals surface area contributed by atoms with E-state index in [2.05, 4.69) is 42.5 Å². The van der Waals surface area contributed by atoms with Gasteiger partial charge in [0.25, 0.3) is 0 Å². The van der Waals surface area contributed by atoms with Gasteiger partial charge in [-0.2, -0.15) is 5.10 Å². The predicted octanol–water partition coefficient (Wildman–Crippen LogP) is 2.83. The number of rotatable bonds is 3. The van der Waals surface area contributed by atoms with Crippen LogP contribution in [0.3, 0.4) is 0 Å². The van der Waals surface area contributed by atoms with E-state index in [1.165, 1.54) is 0 Å². The molecule has 112 valence electrons. The van der Waals surface area contributed by atoms with Crippen LogP contribution in [0.25, 0.3) is 17.5 Å². The van der Waals surface area contributed by atoms with Crippen LogP contribution in [0, 0.1) is 0 Å². The van der Waals surface area contributed by atoms with Gasteiger partial charge in [0.2, 0.25) is 0 Å². The number of aryl methyl sites for hydroxylation is 1. The van der Waals surface area contributed by atoms with Crippen molar-refractivity contribution in [2.75, 3.05) is 12.4 Å². The van der Waals surface area contributed by atoms with Crippen LogP contribution in [0.5, 0.6) is 0 Å². The van der Waals surface area contributed by atoms with Crippen LogP contribution < -0.4 is 5.32 Å². The van der Waals surface area contributed by atoms with Crippen LogP contribution in [0.2, 0.25) is 0 Å². The molecular weight excluding hydrogens is 296 g/mol. The molecule has 0 saturated heterocycles. The zero-order valence-corrected chi connectivity index (χ0v) is 13.2. The van der Waals surface area contributed by atoms with Crippen molar-refractivity contribution in [3.63, 3.8) is 0 Å². The predicted molar refractivity (Wildman–Crippen MR) is 88.2 cm³/mol. The second-order valence-corrected chi connectivity index (χ2v) is 6.21. The normalized spacial score (nSPS) is 16.8. The lowest BCUT2D eigenvalue weighted by Gasteiger charge is -2.31. The molecule has 4 rings (SSSR count). The molecule has 0 amide bonds. The maximum Gasteiger partial charge on any atom is 0.160 e. The van der Waals surface area contributed by atoms with Gasteiger partial charge in [0, 0.05) is 38.3 Å². The van der Waals surface area contributed by atoms with E-state index in [0.717, 1.165) is 22.1 Å². The van der Waals surface area contributed by atoms with Crippen LogP contribution >= 0.6 is 11.3 Å². The Kier molecular flexibility index (Phi) is 3.00. The molecule has 0 aromatic carbocycles. The summed E-state index contributed by atoms with van der Waals surface area (Å²) in [5.41, 5.74) is 2.11. The molecule has 3 aromatic heterocycles. The molecule has 1 aliphatic heterocycles. The summed E-state index contributed by atoms with van der Waals surface area (Å²) in [5.74, 6) is 0.970. The number of anilines is 1. The van der Waals surface area contributed by atoms with Gasteiger partial charge in [-0.1, -0.05) is 0 Å². The molecule has 4 heterocycles. The van der Waals surface area contributed by atoms with Crippen molar-refractivity contribution < 1.29 is 0 Å². The summed E-state index contributed by atoms with van der Waals surface area (Å²) in [6, 6.07) is 4.12. The van der Waals surface area contributed by atoms with E-state index >= 15 is 0 Å². The molecule has 7 heteroatoms. The molecule has 0 spiro atoms. The first-order valence-electron chi connectivity index (χ1n) is 6.99. The fraction of sp³-hybridized carbons (Fsp3) is 0.200. The van der Waals surface area contributed by atoms with E-state index < -0.39 is 0 Å². The fourth-order valence-electron chi connectivity index (χ4n) is 2.60. The molecule has 0 aliphatic carbocycles. The van der Waals surface area contributed by atoms with Crippen molar-refractivity contribution in [3.8, 4) is 11.3 Å². The summed E-state index contributed by atoms with van der Waals surface area (Å²) in [5, 5.41) is 11.0. The maximum absolute atomic E-state index is 4.63. The summed E-state index contributed by atoms with van der Waals surface area (Å²) >= 11 is 1.69. The Morgan fingerprint density at radius 3 is 2.86 bits per heavy atom. The zero-order valence-electron chi connectivity index (χ0n) is 12.3. The highest BCUT2D eigenvalue weighted by Crippen LogP contribution is 2.31. The molecule has 1 atom stereocenters. The van der Waals surface area contributed by atoms with Gasteiger partial charge in [0.1, 0.15) is 0 Å². The van der Waals surface area contributed by atoms with Gasteiger partial charge in [-0.05, 0) is 17.5 Å². The quantitative estimate of drug-likeness (QED) is 0.808. The Hall–Kier alpha value is -2.54. The number of nitrogens with zero attached hydrogens (tertiary/aromatic N) is 5. The summed E-state index contributed by atoms with van der Waals surface area (Å²) in [6.45, 7) is 0. The minimum atomic E-state index is 0.00840. The number of hydrogen-bond donors (Lipinski definition) is 1. The Morgan fingerprint density at radius 2 is 2.14 bits per heavy atom. The Bertz CT molecular complexity index is 813. The highest BCUT2D eigenvalue weighted by atomic mass is 32.1. The molecule has 0 bridgehead atoms. The molecule has 1 unspecified atom stereocenters. The third kappa shape index (κ3) is 2.10. The van der Waals surface area contributed by atoms with Gasteiger partial charge in [0.05, 0.1) is 23.1 Å². The zero-order chi connectivity index (χ0) is 15.1. The third-order valence-electron chi connectivity index (χ3n) is 3.73. The summed E-state index contributed by atoms with van der Waals surface area (Å²) in [4.78, 5) is 6.75. The van der Waals surface area contributed by atoms with Crippen LogP contribution in [-0.4, -0.2) is 31.3 Å². The van der Waals surface area contributed by atoms with Gasteiger partial charge in [0.15, 0.2) is 12.0 Å². The SMILES string of the molecule is CN1C=Cn2c(-c3cnn(C)c3)cnc2C1Nc1cccs1. The van der Waals surface area contributed by atoms with Crippen molar-refractivity contribution >= 4 is 22.5 Å². The molecule has 0 saturated carbocycles. The second-order valence-electron chi connectivity index (χ2n) is 5.26. The molecule has 0 radical (unpaired) electrons. The van der Waals surface area contributed by atoms with Gasteiger partial charge >= 0.3 is 0 Å². The Morgan fingerprint density at radius 1 is 1.23 bits per heavy atom. The van der Waals surface area contributed by atoms with Crippen LogP contribution in [0.4, 0.5) is 5.00 Å².